The third kappa shape index (κ3) is 5.10. The number of benzene rings is 2. The number of fused-ring (bicyclic) bond motifs is 2. The quantitative estimate of drug-likeness (QED) is 0.202. The number of ether oxygens (including phenoxy) is 1. The number of hydrogen-bond donors (Lipinski definition) is 1. The second-order valence-electron chi connectivity index (χ2n) is 11.6. The predicted octanol–water partition coefficient (Wildman–Crippen LogP) is 5.12. The second-order valence-corrected chi connectivity index (χ2v) is 13.5. The molecule has 2 aromatic carbocycles. The topological polar surface area (TPSA) is 87.1 Å². The van der Waals surface area contributed by atoms with E-state index >= 15 is 0 Å². The van der Waals surface area contributed by atoms with Gasteiger partial charge in [0.15, 0.2) is 0 Å². The Balaban J connectivity index is 1.52. The first-order chi connectivity index (χ1) is 19.8. The second kappa shape index (κ2) is 12.0. The Morgan fingerprint density at radius 1 is 1.12 bits per heavy atom. The molecule has 41 heavy (non-hydrogen) atoms. The Hall–Kier alpha value is -3.10. The van der Waals surface area contributed by atoms with Crippen LogP contribution in [-0.2, 0) is 19.1 Å². The van der Waals surface area contributed by atoms with Crippen LogP contribution in [0.1, 0.15) is 45.4 Å². The van der Waals surface area contributed by atoms with Crippen molar-refractivity contribution in [1.29, 1.82) is 0 Å². The number of amides is 2. The number of carbonyl (C=O) groups excluding carboxylic acids is 3. The molecule has 2 amide bonds. The van der Waals surface area contributed by atoms with Crippen LogP contribution < -0.4 is 4.90 Å². The third-order valence-electron chi connectivity index (χ3n) is 8.99. The van der Waals surface area contributed by atoms with Crippen molar-refractivity contribution in [3.63, 3.8) is 0 Å². The number of hydrogen-bond acceptors (Lipinski definition) is 6. The highest BCUT2D eigenvalue weighted by molar-refractivity contribution is 8.02. The normalized spacial score (nSPS) is 28.1. The molecule has 0 saturated carbocycles. The van der Waals surface area contributed by atoms with Crippen LogP contribution in [0, 0.1) is 11.8 Å². The van der Waals surface area contributed by atoms with Crippen molar-refractivity contribution in [2.45, 2.75) is 61.0 Å². The molecule has 3 heterocycles. The predicted molar refractivity (Wildman–Crippen MR) is 164 cm³/mol. The van der Waals surface area contributed by atoms with Crippen LogP contribution in [0.4, 0.5) is 5.69 Å². The van der Waals surface area contributed by atoms with Gasteiger partial charge in [-0.1, -0.05) is 42.5 Å². The van der Waals surface area contributed by atoms with Gasteiger partial charge in [0.1, 0.15) is 6.04 Å². The molecule has 218 valence electrons. The lowest BCUT2D eigenvalue weighted by Crippen LogP contribution is -2.55. The van der Waals surface area contributed by atoms with E-state index in [0.29, 0.717) is 38.8 Å². The first kappa shape index (κ1) is 29.4. The highest BCUT2D eigenvalue weighted by Crippen LogP contribution is 2.71. The lowest BCUT2D eigenvalue weighted by atomic mass is 9.66. The zero-order valence-electron chi connectivity index (χ0n) is 23.8. The van der Waals surface area contributed by atoms with Crippen LogP contribution in [0.5, 0.6) is 0 Å². The molecule has 5 rings (SSSR count). The summed E-state index contributed by atoms with van der Waals surface area (Å²) in [5.41, 5.74) is 0.748. The zero-order chi connectivity index (χ0) is 29.2. The molecule has 3 aliphatic rings. The van der Waals surface area contributed by atoms with E-state index in [0.717, 1.165) is 29.3 Å². The summed E-state index contributed by atoms with van der Waals surface area (Å²) in [5.74, 6) is -1.88. The van der Waals surface area contributed by atoms with Gasteiger partial charge in [0, 0.05) is 30.1 Å². The molecule has 2 unspecified atom stereocenters. The summed E-state index contributed by atoms with van der Waals surface area (Å²) in [6.45, 7) is 10.6. The molecule has 2 aromatic rings. The van der Waals surface area contributed by atoms with Crippen LogP contribution in [0.15, 0.2) is 67.8 Å². The molecule has 0 radical (unpaired) electrons. The van der Waals surface area contributed by atoms with Crippen molar-refractivity contribution in [3.05, 3.63) is 67.8 Å². The largest absolute Gasteiger partial charge is 0.465 e. The maximum Gasteiger partial charge on any atom is 0.311 e. The van der Waals surface area contributed by atoms with Gasteiger partial charge in [0.2, 0.25) is 5.91 Å². The average molecular weight is 577 g/mol. The minimum atomic E-state index is -0.726. The Bertz CT molecular complexity index is 1350. The maximum absolute atomic E-state index is 14.7. The lowest BCUT2D eigenvalue weighted by molar-refractivity contribution is -0.155. The number of likely N-dealkylation sites (tertiary alicyclic amines) is 1. The van der Waals surface area contributed by atoms with E-state index in [9.17, 15) is 19.5 Å². The van der Waals surface area contributed by atoms with E-state index in [1.165, 1.54) is 0 Å². The van der Waals surface area contributed by atoms with Crippen molar-refractivity contribution in [1.82, 2.24) is 4.90 Å². The van der Waals surface area contributed by atoms with Crippen LogP contribution >= 0.6 is 11.8 Å². The van der Waals surface area contributed by atoms with Crippen LogP contribution in [0.2, 0.25) is 0 Å². The molecule has 3 saturated heterocycles. The molecule has 3 aliphatic heterocycles. The fraction of sp³-hybridized carbons (Fsp3) is 0.485. The SMILES string of the molecule is C=CCCCOC(=O)[C@@H]1[C@H]2C(=O)N(CCCCO)C(C(=O)N(CC=C)c3ccc4ccccc4c3)C23CC[C@@]1(C)S3. The number of carbonyl (C=O) groups is 3. The molecule has 0 aromatic heterocycles. The van der Waals surface area contributed by atoms with Gasteiger partial charge in [-0.25, -0.2) is 0 Å². The van der Waals surface area contributed by atoms with E-state index in [-0.39, 0.29) is 31.0 Å². The van der Waals surface area contributed by atoms with Crippen molar-refractivity contribution in [2.24, 2.45) is 11.8 Å². The van der Waals surface area contributed by atoms with Gasteiger partial charge in [0.25, 0.3) is 5.91 Å². The molecule has 2 bridgehead atoms. The minimum absolute atomic E-state index is 0.0153. The first-order valence-electron chi connectivity index (χ1n) is 14.6. The Labute approximate surface area is 246 Å². The fourth-order valence-electron chi connectivity index (χ4n) is 7.13. The summed E-state index contributed by atoms with van der Waals surface area (Å²) in [5, 5.41) is 11.5. The van der Waals surface area contributed by atoms with Gasteiger partial charge in [-0.3, -0.25) is 14.4 Å². The van der Waals surface area contributed by atoms with E-state index in [2.05, 4.69) is 20.1 Å². The molecule has 3 fully saturated rings. The summed E-state index contributed by atoms with van der Waals surface area (Å²) >= 11 is 1.65. The number of anilines is 1. The first-order valence-corrected chi connectivity index (χ1v) is 15.4. The molecule has 0 aliphatic carbocycles. The van der Waals surface area contributed by atoms with Crippen LogP contribution in [0.25, 0.3) is 10.8 Å². The van der Waals surface area contributed by atoms with E-state index in [4.69, 9.17) is 4.74 Å². The molecular weight excluding hydrogens is 536 g/mol. The van der Waals surface area contributed by atoms with Gasteiger partial charge >= 0.3 is 5.97 Å². The molecular formula is C33H40N2O5S. The average Bonchev–Trinajstić information content (AvgIpc) is 3.54. The monoisotopic (exact) mass is 576 g/mol. The number of aliphatic hydroxyl groups is 1. The highest BCUT2D eigenvalue weighted by Gasteiger charge is 2.77. The van der Waals surface area contributed by atoms with Gasteiger partial charge in [0.05, 0.1) is 23.2 Å². The molecule has 8 heteroatoms. The third-order valence-corrected chi connectivity index (χ3v) is 11.0. The van der Waals surface area contributed by atoms with Crippen molar-refractivity contribution in [3.8, 4) is 0 Å². The number of nitrogens with zero attached hydrogens (tertiary/aromatic N) is 2. The number of allylic oxidation sites excluding steroid dienone is 1. The summed E-state index contributed by atoms with van der Waals surface area (Å²) in [4.78, 5) is 45.9. The summed E-state index contributed by atoms with van der Waals surface area (Å²) in [6, 6.07) is 13.2. The molecule has 1 spiro atoms. The van der Waals surface area contributed by atoms with Crippen LogP contribution in [0.3, 0.4) is 0 Å². The van der Waals surface area contributed by atoms with Gasteiger partial charge in [-0.05, 0) is 68.4 Å². The van der Waals surface area contributed by atoms with E-state index < -0.39 is 27.4 Å². The number of unbranched alkanes of at least 4 members (excludes halogenated alkanes) is 2. The molecule has 1 N–H and O–H groups in total. The van der Waals surface area contributed by atoms with Crippen molar-refractivity contribution < 1.29 is 24.2 Å². The standard InChI is InChI=1S/C33H40N2O5S/c1-4-6-11-21-40-31(39)27-26-29(37)35(19-9-10-20-36)28(33(26)17-16-32(27,3)41-33)30(38)34(18-5-2)25-15-14-23-12-7-8-13-24(23)22-25/h4-5,7-8,12-15,22,26-28,36H,1-2,6,9-11,16-21H2,3H3/t26-,27-,28?,32+,33?/m0/s1. The van der Waals surface area contributed by atoms with Crippen molar-refractivity contribution >= 4 is 46.0 Å². The Morgan fingerprint density at radius 3 is 2.63 bits per heavy atom. The maximum atomic E-state index is 14.7. The summed E-state index contributed by atoms with van der Waals surface area (Å²) < 4.78 is 4.52. The Kier molecular flexibility index (Phi) is 8.62. The summed E-state index contributed by atoms with van der Waals surface area (Å²) in [7, 11) is 0. The minimum Gasteiger partial charge on any atom is -0.465 e. The van der Waals surface area contributed by atoms with Gasteiger partial charge < -0.3 is 19.6 Å². The van der Waals surface area contributed by atoms with E-state index in [1.54, 1.807) is 33.7 Å². The number of aliphatic hydroxyl groups excluding tert-OH is 1. The molecule has 7 nitrogen and oxygen atoms in total. The lowest BCUT2D eigenvalue weighted by Gasteiger charge is -2.37. The van der Waals surface area contributed by atoms with Gasteiger partial charge in [-0.15, -0.1) is 24.9 Å². The smallest absolute Gasteiger partial charge is 0.311 e. The molecule has 5 atom stereocenters. The van der Waals surface area contributed by atoms with E-state index in [1.807, 2.05) is 42.5 Å². The van der Waals surface area contributed by atoms with Crippen molar-refractivity contribution in [2.75, 3.05) is 31.2 Å². The number of esters is 1. The van der Waals surface area contributed by atoms with Crippen LogP contribution in [-0.4, -0.2) is 69.6 Å². The summed E-state index contributed by atoms with van der Waals surface area (Å²) in [6.07, 6.45) is 7.46. The van der Waals surface area contributed by atoms with Gasteiger partial charge in [-0.2, -0.15) is 0 Å². The number of rotatable bonds is 13. The highest BCUT2D eigenvalue weighted by atomic mass is 32.2. The fourth-order valence-corrected chi connectivity index (χ4v) is 9.47. The number of thioether (sulfide) groups is 1. The Morgan fingerprint density at radius 2 is 1.90 bits per heavy atom. The zero-order valence-corrected chi connectivity index (χ0v) is 24.6.